The fraction of sp³-hybridized carbons (Fsp3) is 0.286. The molecule has 0 radical (unpaired) electrons. The van der Waals surface area contributed by atoms with Gasteiger partial charge in [0.2, 0.25) is 0 Å². The van der Waals surface area contributed by atoms with Crippen LogP contribution in [0.1, 0.15) is 12.6 Å². The molecule has 0 saturated carbocycles. The minimum Gasteiger partial charge on any atom is -0.230 e. The summed E-state index contributed by atoms with van der Waals surface area (Å²) < 4.78 is 1.13. The first-order chi connectivity index (χ1) is 4.86. The van der Waals surface area contributed by atoms with Crippen LogP contribution in [0.5, 0.6) is 0 Å². The van der Waals surface area contributed by atoms with Crippen LogP contribution in [0.2, 0.25) is 0 Å². The summed E-state index contributed by atoms with van der Waals surface area (Å²) >= 11 is 3.38. The van der Waals surface area contributed by atoms with Crippen molar-refractivity contribution in [2.24, 2.45) is 0 Å². The van der Waals surface area contributed by atoms with Crippen molar-refractivity contribution < 1.29 is 0 Å². The van der Waals surface area contributed by atoms with Gasteiger partial charge in [-0.2, -0.15) is 0 Å². The Morgan fingerprint density at radius 2 is 2.50 bits per heavy atom. The Hall–Kier alpha value is -0.280. The lowest BCUT2D eigenvalue weighted by Crippen LogP contribution is -1.68. The molecule has 0 spiro atoms. The lowest BCUT2D eigenvalue weighted by atomic mass is 10.4. The van der Waals surface area contributed by atoms with Gasteiger partial charge in [-0.1, -0.05) is 17.8 Å². The van der Waals surface area contributed by atoms with Gasteiger partial charge in [-0.3, -0.25) is 0 Å². The van der Waals surface area contributed by atoms with Gasteiger partial charge in [0.15, 0.2) is 0 Å². The molecule has 1 aromatic rings. The third-order valence-electron chi connectivity index (χ3n) is 1.01. The molecule has 0 amide bonds. The maximum atomic E-state index is 4.31. The van der Waals surface area contributed by atoms with Crippen LogP contribution >= 0.6 is 23.1 Å². The number of thioether (sulfide) groups is 1. The predicted molar refractivity (Wildman–Crippen MR) is 48.6 cm³/mol. The van der Waals surface area contributed by atoms with Crippen molar-refractivity contribution >= 4 is 29.2 Å². The number of nitrogens with zero attached hydrogens (tertiary/aromatic N) is 1. The van der Waals surface area contributed by atoms with Gasteiger partial charge in [-0.25, -0.2) is 4.98 Å². The van der Waals surface area contributed by atoms with Gasteiger partial charge < -0.3 is 0 Å². The quantitative estimate of drug-likeness (QED) is 0.635. The molecule has 1 rings (SSSR count). The van der Waals surface area contributed by atoms with Gasteiger partial charge in [0.05, 0.1) is 5.69 Å². The molecule has 54 valence electrons. The van der Waals surface area contributed by atoms with Crippen LogP contribution in [-0.2, 0) is 0 Å². The van der Waals surface area contributed by atoms with Crippen LogP contribution < -0.4 is 0 Å². The van der Waals surface area contributed by atoms with E-state index in [1.165, 1.54) is 0 Å². The third kappa shape index (κ3) is 1.85. The second-order valence-electron chi connectivity index (χ2n) is 1.74. The molecular formula is C7H9NS2. The van der Waals surface area contributed by atoms with Gasteiger partial charge in [-0.15, -0.1) is 11.3 Å². The summed E-state index contributed by atoms with van der Waals surface area (Å²) in [6.07, 6.45) is 6.05. The van der Waals surface area contributed by atoms with Crippen LogP contribution in [0.4, 0.5) is 0 Å². The molecule has 0 atom stereocenters. The Morgan fingerprint density at radius 1 is 1.70 bits per heavy atom. The number of allylic oxidation sites excluding steroid dienone is 1. The Balaban J connectivity index is 2.78. The summed E-state index contributed by atoms with van der Waals surface area (Å²) in [5.74, 6) is 0. The summed E-state index contributed by atoms with van der Waals surface area (Å²) in [6, 6.07) is 0. The van der Waals surface area contributed by atoms with Crippen molar-refractivity contribution in [1.82, 2.24) is 4.98 Å². The fourth-order valence-corrected chi connectivity index (χ4v) is 1.85. The lowest BCUT2D eigenvalue weighted by molar-refractivity contribution is 1.23. The molecule has 0 unspecified atom stereocenters. The van der Waals surface area contributed by atoms with Crippen molar-refractivity contribution in [3.63, 3.8) is 0 Å². The molecule has 1 nitrogen and oxygen atoms in total. The van der Waals surface area contributed by atoms with Crippen molar-refractivity contribution in [2.45, 2.75) is 11.3 Å². The Kier molecular flexibility index (Phi) is 2.96. The van der Waals surface area contributed by atoms with Crippen LogP contribution in [0.15, 0.2) is 15.8 Å². The number of hydrogen-bond acceptors (Lipinski definition) is 3. The molecule has 0 saturated heterocycles. The Morgan fingerprint density at radius 3 is 3.00 bits per heavy atom. The largest absolute Gasteiger partial charge is 0.230 e. The molecule has 0 aromatic carbocycles. The summed E-state index contributed by atoms with van der Waals surface area (Å²) in [5, 5.41) is 2.06. The fourth-order valence-electron chi connectivity index (χ4n) is 0.610. The summed E-state index contributed by atoms with van der Waals surface area (Å²) in [5.41, 5.74) is 1.07. The standard InChI is InChI=1S/C7H9NS2/c1-3-4-6-5-10-7(8-6)9-2/h3-5H,1-2H3/b4-3-. The van der Waals surface area contributed by atoms with E-state index in [4.69, 9.17) is 0 Å². The van der Waals surface area contributed by atoms with E-state index in [-0.39, 0.29) is 0 Å². The molecular weight excluding hydrogens is 162 g/mol. The molecule has 0 N–H and O–H groups in total. The summed E-state index contributed by atoms with van der Waals surface area (Å²) in [4.78, 5) is 4.31. The molecule has 10 heavy (non-hydrogen) atoms. The van der Waals surface area contributed by atoms with E-state index in [0.29, 0.717) is 0 Å². The van der Waals surface area contributed by atoms with Crippen molar-refractivity contribution in [1.29, 1.82) is 0 Å². The van der Waals surface area contributed by atoms with E-state index >= 15 is 0 Å². The van der Waals surface area contributed by atoms with E-state index in [1.807, 2.05) is 25.3 Å². The molecule has 0 fully saturated rings. The first-order valence-corrected chi connectivity index (χ1v) is 5.09. The van der Waals surface area contributed by atoms with E-state index in [1.54, 1.807) is 23.1 Å². The first kappa shape index (κ1) is 7.82. The van der Waals surface area contributed by atoms with Gasteiger partial charge in [0, 0.05) is 5.38 Å². The predicted octanol–water partition coefficient (Wildman–Crippen LogP) is 2.90. The van der Waals surface area contributed by atoms with Gasteiger partial charge in [0.25, 0.3) is 0 Å². The average Bonchev–Trinajstić information content (AvgIpc) is 2.37. The first-order valence-electron chi connectivity index (χ1n) is 2.99. The van der Waals surface area contributed by atoms with Crippen molar-refractivity contribution in [3.05, 3.63) is 17.2 Å². The van der Waals surface area contributed by atoms with Crippen molar-refractivity contribution in [2.75, 3.05) is 6.26 Å². The third-order valence-corrected chi connectivity index (χ3v) is 2.89. The Bertz CT molecular complexity index is 227. The molecule has 1 aromatic heterocycles. The van der Waals surface area contributed by atoms with E-state index in [0.717, 1.165) is 10.0 Å². The maximum Gasteiger partial charge on any atom is 0.150 e. The average molecular weight is 171 g/mol. The van der Waals surface area contributed by atoms with Gasteiger partial charge >= 0.3 is 0 Å². The monoisotopic (exact) mass is 171 g/mol. The smallest absolute Gasteiger partial charge is 0.150 e. The molecule has 0 aliphatic heterocycles. The zero-order valence-electron chi connectivity index (χ0n) is 6.00. The van der Waals surface area contributed by atoms with Crippen LogP contribution in [0.3, 0.4) is 0 Å². The van der Waals surface area contributed by atoms with E-state index < -0.39 is 0 Å². The Labute approximate surface area is 69.2 Å². The zero-order valence-corrected chi connectivity index (χ0v) is 7.63. The minimum atomic E-state index is 1.07. The van der Waals surface area contributed by atoms with Crippen LogP contribution in [-0.4, -0.2) is 11.2 Å². The second-order valence-corrected chi connectivity index (χ2v) is 3.65. The molecule has 1 heterocycles. The SMILES string of the molecule is C/C=C\c1csc(SC)n1. The number of thiazole rings is 1. The highest BCUT2D eigenvalue weighted by Gasteiger charge is 1.94. The van der Waals surface area contributed by atoms with Crippen molar-refractivity contribution in [3.8, 4) is 0 Å². The zero-order chi connectivity index (χ0) is 7.40. The number of hydrogen-bond donors (Lipinski definition) is 0. The van der Waals surface area contributed by atoms with E-state index in [2.05, 4.69) is 10.4 Å². The normalized spacial score (nSPS) is 11.0. The molecule has 0 aliphatic rings. The highest BCUT2D eigenvalue weighted by Crippen LogP contribution is 2.20. The highest BCUT2D eigenvalue weighted by molar-refractivity contribution is 8.00. The van der Waals surface area contributed by atoms with Gasteiger partial charge in [0.1, 0.15) is 4.34 Å². The molecule has 0 bridgehead atoms. The topological polar surface area (TPSA) is 12.9 Å². The number of aromatic nitrogens is 1. The summed E-state index contributed by atoms with van der Waals surface area (Å²) in [7, 11) is 0. The second kappa shape index (κ2) is 3.78. The highest BCUT2D eigenvalue weighted by atomic mass is 32.2. The maximum absolute atomic E-state index is 4.31. The van der Waals surface area contributed by atoms with E-state index in [9.17, 15) is 0 Å². The minimum absolute atomic E-state index is 1.07. The molecule has 3 heteroatoms. The lowest BCUT2D eigenvalue weighted by Gasteiger charge is -1.81. The van der Waals surface area contributed by atoms with Gasteiger partial charge in [-0.05, 0) is 19.3 Å². The molecule has 0 aliphatic carbocycles. The van der Waals surface area contributed by atoms with Crippen LogP contribution in [0, 0.1) is 0 Å². The summed E-state index contributed by atoms with van der Waals surface area (Å²) in [6.45, 7) is 2.00. The van der Waals surface area contributed by atoms with Crippen LogP contribution in [0.25, 0.3) is 6.08 Å². The number of rotatable bonds is 2.